The summed E-state index contributed by atoms with van der Waals surface area (Å²) in [5, 5.41) is 5.14. The lowest BCUT2D eigenvalue weighted by Gasteiger charge is -2.14. The van der Waals surface area contributed by atoms with Crippen LogP contribution in [-0.4, -0.2) is 14.5 Å². The van der Waals surface area contributed by atoms with Crippen molar-refractivity contribution < 1.29 is 13.2 Å². The van der Waals surface area contributed by atoms with Crippen LogP contribution in [0.3, 0.4) is 0 Å². The maximum Gasteiger partial charge on any atom is 0.238 e. The van der Waals surface area contributed by atoms with Gasteiger partial charge in [-0.25, -0.2) is 13.6 Å². The molecule has 2 N–H and O–H groups in total. The van der Waals surface area contributed by atoms with Gasteiger partial charge in [-0.2, -0.15) is 0 Å². The number of primary sulfonamides is 1. The van der Waals surface area contributed by atoms with Crippen molar-refractivity contribution in [3.05, 3.63) is 23.3 Å². The fourth-order valence-corrected chi connectivity index (χ4v) is 2.30. The summed E-state index contributed by atoms with van der Waals surface area (Å²) in [6.07, 6.45) is -0.00423. The average molecular weight is 243 g/mol. The minimum atomic E-state index is -3.69. The van der Waals surface area contributed by atoms with Gasteiger partial charge in [0.15, 0.2) is 0 Å². The van der Waals surface area contributed by atoms with Crippen LogP contribution in [0.2, 0.25) is 0 Å². The molecule has 1 aromatic carbocycles. The molecule has 4 nitrogen and oxygen atoms in total. The van der Waals surface area contributed by atoms with Crippen LogP contribution in [0.4, 0.5) is 0 Å². The number of hydrogen-bond donors (Lipinski definition) is 1. The van der Waals surface area contributed by atoms with Crippen LogP contribution in [0, 0.1) is 13.8 Å². The van der Waals surface area contributed by atoms with Crippen molar-refractivity contribution in [1.29, 1.82) is 0 Å². The molecule has 0 spiro atoms. The number of ether oxygens (including phenoxy) is 1. The first-order valence-electron chi connectivity index (χ1n) is 5.02. The van der Waals surface area contributed by atoms with Crippen LogP contribution in [0.25, 0.3) is 0 Å². The third-order valence-electron chi connectivity index (χ3n) is 2.27. The van der Waals surface area contributed by atoms with Crippen molar-refractivity contribution >= 4 is 10.0 Å². The molecule has 0 atom stereocenters. The molecule has 0 aliphatic rings. The van der Waals surface area contributed by atoms with Gasteiger partial charge >= 0.3 is 0 Å². The molecular weight excluding hydrogens is 226 g/mol. The smallest absolute Gasteiger partial charge is 0.238 e. The van der Waals surface area contributed by atoms with E-state index in [1.165, 1.54) is 6.07 Å². The largest absolute Gasteiger partial charge is 0.491 e. The fourth-order valence-electron chi connectivity index (χ4n) is 1.43. The van der Waals surface area contributed by atoms with Gasteiger partial charge in [0, 0.05) is 6.07 Å². The molecule has 16 heavy (non-hydrogen) atoms. The molecule has 0 amide bonds. The highest BCUT2D eigenvalue weighted by atomic mass is 32.2. The van der Waals surface area contributed by atoms with E-state index in [-0.39, 0.29) is 11.0 Å². The summed E-state index contributed by atoms with van der Waals surface area (Å²) >= 11 is 0. The molecule has 0 heterocycles. The summed E-state index contributed by atoms with van der Waals surface area (Å²) < 4.78 is 28.2. The normalized spacial score (nSPS) is 11.9. The third kappa shape index (κ3) is 2.96. The van der Waals surface area contributed by atoms with Gasteiger partial charge in [-0.15, -0.1) is 0 Å². The monoisotopic (exact) mass is 243 g/mol. The van der Waals surface area contributed by atoms with Crippen LogP contribution in [-0.2, 0) is 10.0 Å². The molecule has 0 unspecified atom stereocenters. The molecule has 5 heteroatoms. The van der Waals surface area contributed by atoms with E-state index in [1.54, 1.807) is 6.92 Å². The highest BCUT2D eigenvalue weighted by Crippen LogP contribution is 2.25. The quantitative estimate of drug-likeness (QED) is 0.879. The van der Waals surface area contributed by atoms with E-state index in [2.05, 4.69) is 0 Å². The standard InChI is InChI=1S/C11H17NO3S/c1-7(2)15-10-5-8(3)9(4)11(6-10)16(12,13)14/h5-7H,1-4H3,(H2,12,13,14). The predicted octanol–water partition coefficient (Wildman–Crippen LogP) is 1.74. The summed E-state index contributed by atoms with van der Waals surface area (Å²) in [6.45, 7) is 7.32. The van der Waals surface area contributed by atoms with Crippen molar-refractivity contribution in [2.24, 2.45) is 5.14 Å². The van der Waals surface area contributed by atoms with E-state index in [0.29, 0.717) is 11.3 Å². The van der Waals surface area contributed by atoms with Gasteiger partial charge in [0.1, 0.15) is 5.75 Å². The molecule has 0 fully saturated rings. The van der Waals surface area contributed by atoms with Crippen LogP contribution in [0.15, 0.2) is 17.0 Å². The minimum absolute atomic E-state index is 0.00423. The Morgan fingerprint density at radius 3 is 2.25 bits per heavy atom. The molecule has 0 saturated carbocycles. The lowest BCUT2D eigenvalue weighted by atomic mass is 10.1. The molecule has 0 aliphatic carbocycles. The van der Waals surface area contributed by atoms with Crippen LogP contribution in [0.5, 0.6) is 5.75 Å². The highest BCUT2D eigenvalue weighted by molar-refractivity contribution is 7.89. The number of rotatable bonds is 3. The number of hydrogen-bond acceptors (Lipinski definition) is 3. The topological polar surface area (TPSA) is 69.4 Å². The van der Waals surface area contributed by atoms with E-state index in [1.807, 2.05) is 26.8 Å². The van der Waals surface area contributed by atoms with E-state index in [4.69, 9.17) is 9.88 Å². The Hall–Kier alpha value is -1.07. The van der Waals surface area contributed by atoms with Gasteiger partial charge in [0.25, 0.3) is 0 Å². The zero-order valence-electron chi connectivity index (χ0n) is 9.94. The number of sulfonamides is 1. The van der Waals surface area contributed by atoms with Gasteiger partial charge in [-0.05, 0) is 44.9 Å². The molecule has 0 bridgehead atoms. The minimum Gasteiger partial charge on any atom is -0.491 e. The van der Waals surface area contributed by atoms with Crippen molar-refractivity contribution in [2.75, 3.05) is 0 Å². The van der Waals surface area contributed by atoms with E-state index >= 15 is 0 Å². The molecule has 1 rings (SSSR count). The first kappa shape index (κ1) is 13.0. The summed E-state index contributed by atoms with van der Waals surface area (Å²) in [5.41, 5.74) is 1.51. The maximum absolute atomic E-state index is 11.4. The van der Waals surface area contributed by atoms with Gasteiger partial charge in [0.05, 0.1) is 11.0 Å². The summed E-state index contributed by atoms with van der Waals surface area (Å²) in [6, 6.07) is 3.28. The maximum atomic E-state index is 11.4. The van der Waals surface area contributed by atoms with Gasteiger partial charge in [0.2, 0.25) is 10.0 Å². The van der Waals surface area contributed by atoms with Crippen molar-refractivity contribution in [2.45, 2.75) is 38.7 Å². The Morgan fingerprint density at radius 1 is 1.25 bits per heavy atom. The van der Waals surface area contributed by atoms with Gasteiger partial charge in [-0.1, -0.05) is 0 Å². The zero-order chi connectivity index (χ0) is 12.5. The van der Waals surface area contributed by atoms with Crippen LogP contribution < -0.4 is 9.88 Å². The number of benzene rings is 1. The number of nitrogens with two attached hydrogens (primary N) is 1. The zero-order valence-corrected chi connectivity index (χ0v) is 10.8. The molecule has 0 aromatic heterocycles. The molecule has 0 radical (unpaired) electrons. The first-order valence-corrected chi connectivity index (χ1v) is 6.57. The van der Waals surface area contributed by atoms with E-state index in [9.17, 15) is 8.42 Å². The highest BCUT2D eigenvalue weighted by Gasteiger charge is 2.15. The second-order valence-corrected chi connectivity index (χ2v) is 5.60. The van der Waals surface area contributed by atoms with Gasteiger partial charge < -0.3 is 4.74 Å². The second-order valence-electron chi connectivity index (χ2n) is 4.07. The van der Waals surface area contributed by atoms with Crippen molar-refractivity contribution in [3.63, 3.8) is 0 Å². The summed E-state index contributed by atoms with van der Waals surface area (Å²) in [7, 11) is -3.69. The Morgan fingerprint density at radius 2 is 1.81 bits per heavy atom. The first-order chi connectivity index (χ1) is 7.21. The van der Waals surface area contributed by atoms with Crippen LogP contribution >= 0.6 is 0 Å². The Balaban J connectivity index is 3.34. The fraction of sp³-hybridized carbons (Fsp3) is 0.455. The summed E-state index contributed by atoms with van der Waals surface area (Å²) in [4.78, 5) is 0.128. The van der Waals surface area contributed by atoms with Crippen molar-refractivity contribution in [3.8, 4) is 5.75 Å². The van der Waals surface area contributed by atoms with Crippen molar-refractivity contribution in [1.82, 2.24) is 0 Å². The third-order valence-corrected chi connectivity index (χ3v) is 3.31. The Kier molecular flexibility index (Phi) is 3.60. The predicted molar refractivity (Wildman–Crippen MR) is 63.1 cm³/mol. The van der Waals surface area contributed by atoms with E-state index in [0.717, 1.165) is 5.56 Å². The summed E-state index contributed by atoms with van der Waals surface area (Å²) in [5.74, 6) is 0.530. The second kappa shape index (κ2) is 4.43. The van der Waals surface area contributed by atoms with Gasteiger partial charge in [-0.3, -0.25) is 0 Å². The SMILES string of the molecule is Cc1cc(OC(C)C)cc(S(N)(=O)=O)c1C. The number of aryl methyl sites for hydroxylation is 1. The van der Waals surface area contributed by atoms with Crippen LogP contribution in [0.1, 0.15) is 25.0 Å². The molecule has 90 valence electrons. The molecule has 1 aromatic rings. The van der Waals surface area contributed by atoms with E-state index < -0.39 is 10.0 Å². The molecular formula is C11H17NO3S. The Labute approximate surface area is 96.5 Å². The molecule has 0 saturated heterocycles. The Bertz CT molecular complexity index is 492. The average Bonchev–Trinajstić information content (AvgIpc) is 2.08. The molecule has 0 aliphatic heterocycles. The lowest BCUT2D eigenvalue weighted by molar-refractivity contribution is 0.241. The lowest BCUT2D eigenvalue weighted by Crippen LogP contribution is -2.15.